The Morgan fingerprint density at radius 2 is 0.609 bits per heavy atom. The van der Waals surface area contributed by atoms with Gasteiger partial charge < -0.3 is 180 Å². The van der Waals surface area contributed by atoms with E-state index in [0.717, 1.165) is 20.8 Å². The molecule has 7 fully saturated rings. The summed E-state index contributed by atoms with van der Waals surface area (Å²) < 4.78 is 75.5. The second-order valence-corrected chi connectivity index (χ2v) is 21.8. The molecule has 7 heterocycles. The molecular weight excluding hydrogens is 1190 g/mol. The predicted molar refractivity (Wildman–Crippen MR) is 267 cm³/mol. The van der Waals surface area contributed by atoms with Gasteiger partial charge in [0.25, 0.3) is 0 Å². The monoisotopic (exact) mass is 1280 g/mol. The van der Waals surface area contributed by atoms with Gasteiger partial charge in [0.2, 0.25) is 17.7 Å². The van der Waals surface area contributed by atoms with E-state index in [-0.39, 0.29) is 0 Å². The van der Waals surface area contributed by atoms with E-state index < -0.39 is 279 Å². The molecule has 0 spiro atoms. The minimum atomic E-state index is -2.34. The van der Waals surface area contributed by atoms with Crippen molar-refractivity contribution in [1.82, 2.24) is 16.0 Å². The molecule has 7 aliphatic heterocycles. The molecule has 7 saturated heterocycles. The van der Waals surface area contributed by atoms with Gasteiger partial charge in [0, 0.05) is 20.8 Å². The minimum Gasteiger partial charge on any atom is -0.394 e. The van der Waals surface area contributed by atoms with E-state index in [1.165, 1.54) is 0 Å². The van der Waals surface area contributed by atoms with Gasteiger partial charge >= 0.3 is 0 Å². The SMILES string of the molecule is CC(=O)N[C@H]1[C@H](O[C@H]2[C@H](O)[C@@H](NC(C)=O)C(O)O[C@@H]2CO)O[C@H](CO)[C@@H](O[C@@H]2O[C@H](CO[C@H]3O[C@H](CO)[C@@H](O)[C@H](O)[C@@H]3O[C@@H]3O[C@H](CO)[C@@H](O[C@@H]4O[C@H](CO)[C@H](O)[C@H](O)[C@H]4O)[C@H](O)[C@H]3NC(C)=O)[C@@H](O)[C@H](O[C@H]3O[C@H](CO)[C@@H](O)[C@H](O)[C@@H]3O)[C@@H]2O)[C@@H]1O. The van der Waals surface area contributed by atoms with Gasteiger partial charge in [0.05, 0.1) is 46.2 Å². The average molecular weight is 1280 g/mol. The Hall–Kier alpha value is -2.91. The number of carbonyl (C=O) groups excluding carboxylic acids is 3. The second-order valence-electron chi connectivity index (χ2n) is 21.8. The third-order valence-electron chi connectivity index (χ3n) is 15.7. The topological polar surface area (TPSA) is 612 Å². The molecule has 39 heteroatoms. The maximum absolute atomic E-state index is 12.7. The normalized spacial score (nSPS) is 48.9. The van der Waals surface area contributed by atoms with E-state index in [1.54, 1.807) is 0 Å². The number of aliphatic hydroxyl groups excluding tert-OH is 20. The van der Waals surface area contributed by atoms with Gasteiger partial charge in [-0.15, -0.1) is 0 Å². The van der Waals surface area contributed by atoms with Crippen molar-refractivity contribution in [2.45, 2.75) is 236 Å². The fraction of sp³-hybridized carbons (Fsp3) is 0.938. The molecule has 7 rings (SSSR count). The molecule has 504 valence electrons. The second kappa shape index (κ2) is 31.1. The number of amides is 3. The number of nitrogens with one attached hydrogen (secondary N) is 3. The van der Waals surface area contributed by atoms with E-state index in [4.69, 9.17) is 61.6 Å². The Morgan fingerprint density at radius 1 is 0.299 bits per heavy atom. The highest BCUT2D eigenvalue weighted by Gasteiger charge is 2.59. The fourth-order valence-electron chi connectivity index (χ4n) is 11.1. The summed E-state index contributed by atoms with van der Waals surface area (Å²) in [6, 6.07) is -5.18. The molecule has 39 nitrogen and oxygen atoms in total. The van der Waals surface area contributed by atoms with E-state index in [2.05, 4.69) is 16.0 Å². The van der Waals surface area contributed by atoms with Crippen LogP contribution in [0.25, 0.3) is 0 Å². The standard InChI is InChI=1S/C48H81N3O36/c1-11(58)49-21-28(65)37(17(7-55)76-42(21)74)83-43-22(50-12(2)59)29(66)39(19(9-57)80-43)85-47-36(73)40(86-46-35(72)32(69)25(62)15(5-53)78-46)27(64)20(82-47)10-75-48-41(33(70)26(63)16(6-54)79-48)87-44-23(51-13(3)60)30(67)38(18(8-56)81-44)84-45-34(71)31(68)24(61)14(4-52)77-45/h14-48,52-57,61-74H,4-10H2,1-3H3,(H,49,58)(H,50,59)(H,51,60)/t14-,15-,16-,17-,18-,19-,20-,21-,22-,23-,24+,25-,26-,27-,28-,29-,30-,31+,32+,33+,34-,35+,36+,37-,38-,39-,40+,41+,42?,43+,44+,45+,46-,47+,48+/m1/s1. The van der Waals surface area contributed by atoms with Gasteiger partial charge in [-0.05, 0) is 0 Å². The molecule has 23 N–H and O–H groups in total. The first kappa shape index (κ1) is 71.5. The molecule has 0 saturated carbocycles. The summed E-state index contributed by atoms with van der Waals surface area (Å²) in [4.78, 5) is 37.3. The number of hydrogen-bond acceptors (Lipinski definition) is 36. The molecule has 0 aliphatic carbocycles. The molecule has 35 atom stereocenters. The van der Waals surface area contributed by atoms with E-state index >= 15 is 0 Å². The van der Waals surface area contributed by atoms with Crippen LogP contribution in [0.1, 0.15) is 20.8 Å². The summed E-state index contributed by atoms with van der Waals surface area (Å²) >= 11 is 0. The van der Waals surface area contributed by atoms with Crippen LogP contribution < -0.4 is 16.0 Å². The Bertz CT molecular complexity index is 2190. The van der Waals surface area contributed by atoms with Gasteiger partial charge in [-0.25, -0.2) is 0 Å². The molecular formula is C48H81N3O36. The van der Waals surface area contributed by atoms with E-state index in [9.17, 15) is 117 Å². The highest BCUT2D eigenvalue weighted by molar-refractivity contribution is 5.74. The summed E-state index contributed by atoms with van der Waals surface area (Å²) in [5, 5.41) is 224. The zero-order valence-corrected chi connectivity index (χ0v) is 46.6. The Labute approximate surface area is 492 Å². The van der Waals surface area contributed by atoms with Crippen LogP contribution in [-0.2, 0) is 76.0 Å². The molecule has 0 aromatic carbocycles. The lowest BCUT2D eigenvalue weighted by Gasteiger charge is -2.50. The van der Waals surface area contributed by atoms with Crippen LogP contribution in [0.4, 0.5) is 0 Å². The lowest BCUT2D eigenvalue weighted by Crippen LogP contribution is -2.70. The van der Waals surface area contributed by atoms with Crippen molar-refractivity contribution in [2.24, 2.45) is 0 Å². The zero-order valence-electron chi connectivity index (χ0n) is 46.6. The maximum Gasteiger partial charge on any atom is 0.217 e. The van der Waals surface area contributed by atoms with E-state index in [1.807, 2.05) is 0 Å². The first-order chi connectivity index (χ1) is 41.1. The van der Waals surface area contributed by atoms with Gasteiger partial charge in [0.15, 0.2) is 44.0 Å². The third kappa shape index (κ3) is 15.8. The number of ether oxygens (including phenoxy) is 13. The van der Waals surface area contributed by atoms with Crippen molar-refractivity contribution in [3.63, 3.8) is 0 Å². The average Bonchev–Trinajstić information content (AvgIpc) is 1.89. The number of rotatable bonds is 22. The van der Waals surface area contributed by atoms with Crippen molar-refractivity contribution in [1.29, 1.82) is 0 Å². The Balaban J connectivity index is 1.17. The summed E-state index contributed by atoms with van der Waals surface area (Å²) in [7, 11) is 0. The van der Waals surface area contributed by atoms with Crippen molar-refractivity contribution in [2.75, 3.05) is 46.2 Å². The minimum absolute atomic E-state index is 0.738. The van der Waals surface area contributed by atoms with E-state index in [0.29, 0.717) is 0 Å². The first-order valence-corrected chi connectivity index (χ1v) is 27.6. The van der Waals surface area contributed by atoms with Gasteiger partial charge in [-0.1, -0.05) is 0 Å². The largest absolute Gasteiger partial charge is 0.394 e. The Kier molecular flexibility index (Phi) is 25.6. The highest BCUT2D eigenvalue weighted by atomic mass is 16.8. The number of hydrogen-bond donors (Lipinski definition) is 23. The fourth-order valence-corrected chi connectivity index (χ4v) is 11.1. The van der Waals surface area contributed by atoms with Crippen molar-refractivity contribution >= 4 is 17.7 Å². The summed E-state index contributed by atoms with van der Waals surface area (Å²) in [5.74, 6) is -2.48. The molecule has 1 unspecified atom stereocenters. The summed E-state index contributed by atoms with van der Waals surface area (Å²) in [5.41, 5.74) is 0. The highest BCUT2D eigenvalue weighted by Crippen LogP contribution is 2.37. The van der Waals surface area contributed by atoms with Crippen LogP contribution >= 0.6 is 0 Å². The molecule has 87 heavy (non-hydrogen) atoms. The molecule has 0 bridgehead atoms. The van der Waals surface area contributed by atoms with Gasteiger partial charge in [-0.3, -0.25) is 14.4 Å². The van der Waals surface area contributed by atoms with Gasteiger partial charge in [-0.2, -0.15) is 0 Å². The molecule has 7 aliphatic rings. The summed E-state index contributed by atoms with van der Waals surface area (Å²) in [6.07, 6.45) is -62.8. The van der Waals surface area contributed by atoms with Crippen LogP contribution in [0.15, 0.2) is 0 Å². The molecule has 0 radical (unpaired) electrons. The predicted octanol–water partition coefficient (Wildman–Crippen LogP) is -15.8. The van der Waals surface area contributed by atoms with Crippen LogP contribution in [0.3, 0.4) is 0 Å². The molecule has 0 aromatic heterocycles. The number of carbonyl (C=O) groups is 3. The lowest BCUT2D eigenvalue weighted by atomic mass is 9.94. The maximum atomic E-state index is 12.7. The van der Waals surface area contributed by atoms with Crippen LogP contribution in [-0.4, -0.2) is 381 Å². The summed E-state index contributed by atoms with van der Waals surface area (Å²) in [6.45, 7) is -4.00. The lowest BCUT2D eigenvalue weighted by molar-refractivity contribution is -0.389. The van der Waals surface area contributed by atoms with Gasteiger partial charge in [0.1, 0.15) is 171 Å². The van der Waals surface area contributed by atoms with Crippen LogP contribution in [0, 0.1) is 0 Å². The van der Waals surface area contributed by atoms with Crippen molar-refractivity contribution in [3.8, 4) is 0 Å². The molecule has 3 amide bonds. The Morgan fingerprint density at radius 3 is 1.02 bits per heavy atom. The zero-order chi connectivity index (χ0) is 64.2. The molecule has 0 aromatic rings. The van der Waals surface area contributed by atoms with Crippen molar-refractivity contribution < 1.29 is 178 Å². The number of aliphatic hydroxyl groups is 20. The smallest absolute Gasteiger partial charge is 0.217 e. The van der Waals surface area contributed by atoms with Crippen LogP contribution in [0.5, 0.6) is 0 Å². The quantitative estimate of drug-likeness (QED) is 0.0479. The van der Waals surface area contributed by atoms with Crippen LogP contribution in [0.2, 0.25) is 0 Å². The first-order valence-electron chi connectivity index (χ1n) is 27.6. The van der Waals surface area contributed by atoms with Crippen molar-refractivity contribution in [3.05, 3.63) is 0 Å². The third-order valence-corrected chi connectivity index (χ3v) is 15.7.